The van der Waals surface area contributed by atoms with Gasteiger partial charge in [0.15, 0.2) is 11.7 Å². The number of rotatable bonds is 7. The van der Waals surface area contributed by atoms with Gasteiger partial charge in [0.25, 0.3) is 5.90 Å². The lowest BCUT2D eigenvalue weighted by Crippen LogP contribution is -2.30. The first-order valence-electron chi connectivity index (χ1n) is 10.7. The van der Waals surface area contributed by atoms with E-state index >= 15 is 0 Å². The maximum Gasteiger partial charge on any atom is 0.256 e. The zero-order chi connectivity index (χ0) is 23.4. The predicted octanol–water partition coefficient (Wildman–Crippen LogP) is 6.64. The first-order chi connectivity index (χ1) is 15.9. The Kier molecular flexibility index (Phi) is 7.38. The number of hydrogen-bond donors (Lipinski definition) is 2. The van der Waals surface area contributed by atoms with Crippen LogP contribution >= 0.6 is 23.2 Å². The Morgan fingerprint density at radius 3 is 2.70 bits per heavy atom. The molecule has 0 unspecified atom stereocenters. The van der Waals surface area contributed by atoms with Gasteiger partial charge in [-0.2, -0.15) is 0 Å². The Hall–Kier alpha value is -2.80. The maximum absolute atomic E-state index is 7.91. The molecular weight excluding hydrogens is 461 g/mol. The largest absolute Gasteiger partial charge is 0.493 e. The van der Waals surface area contributed by atoms with Crippen LogP contribution in [0.5, 0.6) is 5.75 Å². The third-order valence-electron chi connectivity index (χ3n) is 5.46. The summed E-state index contributed by atoms with van der Waals surface area (Å²) in [5, 5.41) is 17.2. The molecule has 0 atom stereocenters. The SMILES string of the molecule is CC(=N)OC(=N)c1cc2c(OCCCN3CC=C(c4ccc(Cl)c(Cl)c4)CC3)cccc2o1. The van der Waals surface area contributed by atoms with Crippen molar-refractivity contribution < 1.29 is 13.9 Å². The molecule has 0 radical (unpaired) electrons. The van der Waals surface area contributed by atoms with E-state index in [2.05, 4.69) is 11.0 Å². The number of benzene rings is 2. The normalized spacial score (nSPS) is 14.2. The standard InChI is InChI=1S/C25H25Cl2N3O3/c1-16(28)32-25(29)24-15-19-22(4-2-5-23(19)33-24)31-13-3-10-30-11-8-17(9-12-30)18-6-7-20(26)21(27)14-18/h2,4-8,14-15,28-29H,3,9-13H2,1H3. The molecule has 0 bridgehead atoms. The first-order valence-corrected chi connectivity index (χ1v) is 11.5. The number of hydrogen-bond acceptors (Lipinski definition) is 6. The molecule has 0 fully saturated rings. The van der Waals surface area contributed by atoms with Crippen molar-refractivity contribution in [3.63, 3.8) is 0 Å². The number of furan rings is 1. The summed E-state index contributed by atoms with van der Waals surface area (Å²) in [5.74, 6) is 0.726. The smallest absolute Gasteiger partial charge is 0.256 e. The average molecular weight is 486 g/mol. The second-order valence-corrected chi connectivity index (χ2v) is 8.69. The highest BCUT2D eigenvalue weighted by atomic mass is 35.5. The molecular formula is C25H25Cl2N3O3. The summed E-state index contributed by atoms with van der Waals surface area (Å²) in [4.78, 5) is 2.40. The van der Waals surface area contributed by atoms with Crippen LogP contribution in [0.4, 0.5) is 0 Å². The van der Waals surface area contributed by atoms with Crippen LogP contribution in [0, 0.1) is 10.8 Å². The van der Waals surface area contributed by atoms with E-state index in [0.29, 0.717) is 28.0 Å². The predicted molar refractivity (Wildman–Crippen MR) is 133 cm³/mol. The number of nitrogens with one attached hydrogen (secondary N) is 2. The Labute approximate surface area is 202 Å². The van der Waals surface area contributed by atoms with Gasteiger partial charge in [0.05, 0.1) is 22.0 Å². The van der Waals surface area contributed by atoms with Gasteiger partial charge in [-0.15, -0.1) is 0 Å². The summed E-state index contributed by atoms with van der Waals surface area (Å²) in [5.41, 5.74) is 3.06. The lowest BCUT2D eigenvalue weighted by Gasteiger charge is -2.26. The molecule has 6 nitrogen and oxygen atoms in total. The monoisotopic (exact) mass is 485 g/mol. The summed E-state index contributed by atoms with van der Waals surface area (Å²) in [6.45, 7) is 4.87. The van der Waals surface area contributed by atoms with Crippen LogP contribution in [0.3, 0.4) is 0 Å². The van der Waals surface area contributed by atoms with Gasteiger partial charge in [0, 0.05) is 32.6 Å². The molecule has 2 aromatic carbocycles. The molecule has 8 heteroatoms. The van der Waals surface area contributed by atoms with E-state index < -0.39 is 0 Å². The van der Waals surface area contributed by atoms with Crippen molar-refractivity contribution in [2.75, 3.05) is 26.2 Å². The van der Waals surface area contributed by atoms with Crippen molar-refractivity contribution in [2.24, 2.45) is 0 Å². The van der Waals surface area contributed by atoms with Crippen molar-refractivity contribution in [1.29, 1.82) is 10.8 Å². The molecule has 4 rings (SSSR count). The molecule has 0 saturated heterocycles. The van der Waals surface area contributed by atoms with E-state index in [4.69, 9.17) is 47.9 Å². The van der Waals surface area contributed by atoms with E-state index in [0.717, 1.165) is 43.4 Å². The molecule has 1 aromatic heterocycles. The van der Waals surface area contributed by atoms with E-state index in [-0.39, 0.29) is 17.6 Å². The van der Waals surface area contributed by atoms with Gasteiger partial charge in [-0.05, 0) is 48.2 Å². The highest BCUT2D eigenvalue weighted by molar-refractivity contribution is 6.42. The molecule has 0 amide bonds. The summed E-state index contributed by atoms with van der Waals surface area (Å²) in [7, 11) is 0. The number of fused-ring (bicyclic) bond motifs is 1. The van der Waals surface area contributed by atoms with Gasteiger partial charge < -0.3 is 13.9 Å². The van der Waals surface area contributed by atoms with Gasteiger partial charge in [-0.25, -0.2) is 0 Å². The molecule has 3 aromatic rings. The summed E-state index contributed by atoms with van der Waals surface area (Å²) in [6.07, 6.45) is 4.12. The Bertz CT molecular complexity index is 1220. The lowest BCUT2D eigenvalue weighted by molar-refractivity contribution is 0.250. The van der Waals surface area contributed by atoms with Crippen LogP contribution in [0.2, 0.25) is 10.0 Å². The van der Waals surface area contributed by atoms with E-state index in [1.807, 2.05) is 36.4 Å². The summed E-state index contributed by atoms with van der Waals surface area (Å²) >= 11 is 12.2. The maximum atomic E-state index is 7.91. The number of ether oxygens (including phenoxy) is 2. The fourth-order valence-corrected chi connectivity index (χ4v) is 4.12. The molecule has 0 spiro atoms. The molecule has 172 valence electrons. The van der Waals surface area contributed by atoms with Crippen molar-refractivity contribution in [3.05, 3.63) is 69.9 Å². The van der Waals surface area contributed by atoms with Crippen LogP contribution in [0.1, 0.15) is 31.1 Å². The van der Waals surface area contributed by atoms with Crippen LogP contribution in [0.15, 0.2) is 53.0 Å². The second kappa shape index (κ2) is 10.4. The van der Waals surface area contributed by atoms with Crippen LogP contribution in [-0.4, -0.2) is 42.9 Å². The Morgan fingerprint density at radius 2 is 1.97 bits per heavy atom. The zero-order valence-corrected chi connectivity index (χ0v) is 19.8. The van der Waals surface area contributed by atoms with Crippen molar-refractivity contribution in [1.82, 2.24) is 4.90 Å². The minimum atomic E-state index is -0.192. The highest BCUT2D eigenvalue weighted by Gasteiger charge is 2.16. The van der Waals surface area contributed by atoms with Gasteiger partial charge in [0.2, 0.25) is 0 Å². The zero-order valence-electron chi connectivity index (χ0n) is 18.3. The van der Waals surface area contributed by atoms with Crippen LogP contribution in [-0.2, 0) is 4.74 Å². The Balaban J connectivity index is 1.29. The molecule has 2 N–H and O–H groups in total. The molecule has 1 aliphatic heterocycles. The topological polar surface area (TPSA) is 82.5 Å². The third kappa shape index (κ3) is 5.77. The third-order valence-corrected chi connectivity index (χ3v) is 6.20. The van der Waals surface area contributed by atoms with Gasteiger partial charge >= 0.3 is 0 Å². The number of nitrogens with zero attached hydrogens (tertiary/aromatic N) is 1. The molecule has 2 heterocycles. The van der Waals surface area contributed by atoms with Crippen molar-refractivity contribution in [2.45, 2.75) is 19.8 Å². The van der Waals surface area contributed by atoms with Crippen molar-refractivity contribution >= 4 is 51.5 Å². The first kappa shape index (κ1) is 23.4. The minimum Gasteiger partial charge on any atom is -0.493 e. The number of halogens is 2. The Morgan fingerprint density at radius 1 is 1.12 bits per heavy atom. The second-order valence-electron chi connectivity index (χ2n) is 7.88. The molecule has 0 saturated carbocycles. The molecule has 0 aliphatic carbocycles. The highest BCUT2D eigenvalue weighted by Crippen LogP contribution is 2.30. The van der Waals surface area contributed by atoms with Gasteiger partial charge in [-0.1, -0.05) is 41.4 Å². The van der Waals surface area contributed by atoms with Gasteiger partial charge in [0.1, 0.15) is 11.3 Å². The molecule has 33 heavy (non-hydrogen) atoms. The van der Waals surface area contributed by atoms with E-state index in [1.165, 1.54) is 12.5 Å². The van der Waals surface area contributed by atoms with Gasteiger partial charge in [-0.3, -0.25) is 15.7 Å². The fraction of sp³-hybridized carbons (Fsp3) is 0.280. The minimum absolute atomic E-state index is 0.0615. The van der Waals surface area contributed by atoms with Crippen LogP contribution in [0.25, 0.3) is 16.5 Å². The van der Waals surface area contributed by atoms with Crippen LogP contribution < -0.4 is 4.74 Å². The average Bonchev–Trinajstić information content (AvgIpc) is 3.24. The lowest BCUT2D eigenvalue weighted by atomic mass is 9.99. The summed E-state index contributed by atoms with van der Waals surface area (Å²) in [6, 6.07) is 13.1. The molecule has 1 aliphatic rings. The summed E-state index contributed by atoms with van der Waals surface area (Å²) < 4.78 is 16.7. The van der Waals surface area contributed by atoms with Crippen molar-refractivity contribution in [3.8, 4) is 5.75 Å². The van der Waals surface area contributed by atoms with E-state index in [9.17, 15) is 0 Å². The quantitative estimate of drug-likeness (QED) is 0.223. The fourth-order valence-electron chi connectivity index (χ4n) is 3.82. The van der Waals surface area contributed by atoms with E-state index in [1.54, 1.807) is 6.07 Å².